The van der Waals surface area contributed by atoms with E-state index < -0.39 is 5.91 Å². The standard InChI is InChI=1S/C18H27N5O2/c1-11-7-8-14-17(13(11)3)22-16(21-14)6-5-9-20-18(25)23(4)12(2)10-15(19)24/h7-8,12H,5-6,9-10H2,1-4H3,(H2,19,24)(H,20,25)(H,21,22). The SMILES string of the molecule is Cc1ccc2[nH]c(CCCNC(=O)N(C)C(C)CC(N)=O)nc2c1C. The van der Waals surface area contributed by atoms with Gasteiger partial charge in [-0.2, -0.15) is 0 Å². The number of rotatable bonds is 7. The largest absolute Gasteiger partial charge is 0.370 e. The van der Waals surface area contributed by atoms with E-state index in [4.69, 9.17) is 5.73 Å². The number of hydrogen-bond donors (Lipinski definition) is 3. The number of nitrogens with two attached hydrogens (primary N) is 1. The van der Waals surface area contributed by atoms with Gasteiger partial charge in [0.05, 0.1) is 11.0 Å². The Kier molecular flexibility index (Phi) is 6.01. The second-order valence-corrected chi connectivity index (χ2v) is 6.55. The number of H-pyrrole nitrogens is 1. The van der Waals surface area contributed by atoms with Crippen LogP contribution in [0.5, 0.6) is 0 Å². The number of imidazole rings is 1. The lowest BCUT2D eigenvalue weighted by Crippen LogP contribution is -2.44. The molecular formula is C18H27N5O2. The fourth-order valence-electron chi connectivity index (χ4n) is 2.69. The van der Waals surface area contributed by atoms with Crippen molar-refractivity contribution in [2.75, 3.05) is 13.6 Å². The van der Waals surface area contributed by atoms with E-state index in [0.29, 0.717) is 6.54 Å². The molecule has 0 bridgehead atoms. The van der Waals surface area contributed by atoms with E-state index in [1.54, 1.807) is 14.0 Å². The Morgan fingerprint density at radius 3 is 2.76 bits per heavy atom. The van der Waals surface area contributed by atoms with Gasteiger partial charge in [-0.15, -0.1) is 0 Å². The van der Waals surface area contributed by atoms with Crippen molar-refractivity contribution in [1.82, 2.24) is 20.2 Å². The van der Waals surface area contributed by atoms with Crippen LogP contribution in [0, 0.1) is 13.8 Å². The van der Waals surface area contributed by atoms with Gasteiger partial charge in [-0.25, -0.2) is 9.78 Å². The second kappa shape index (κ2) is 8.00. The Morgan fingerprint density at radius 1 is 1.36 bits per heavy atom. The average molecular weight is 345 g/mol. The fraction of sp³-hybridized carbons (Fsp3) is 0.500. The number of urea groups is 1. The highest BCUT2D eigenvalue weighted by Crippen LogP contribution is 2.19. The van der Waals surface area contributed by atoms with Crippen LogP contribution in [0.25, 0.3) is 11.0 Å². The smallest absolute Gasteiger partial charge is 0.317 e. The van der Waals surface area contributed by atoms with Gasteiger partial charge in [0.1, 0.15) is 5.82 Å². The molecule has 7 nitrogen and oxygen atoms in total. The van der Waals surface area contributed by atoms with Crippen LogP contribution in [0.2, 0.25) is 0 Å². The summed E-state index contributed by atoms with van der Waals surface area (Å²) in [5.41, 5.74) is 9.64. The Balaban J connectivity index is 1.82. The maximum atomic E-state index is 12.0. The molecule has 0 saturated carbocycles. The Labute approximate surface area is 148 Å². The van der Waals surface area contributed by atoms with Crippen LogP contribution in [0.1, 0.15) is 36.7 Å². The number of hydrogen-bond acceptors (Lipinski definition) is 3. The molecular weight excluding hydrogens is 318 g/mol. The number of carbonyl (C=O) groups is 2. The van der Waals surface area contributed by atoms with Gasteiger partial charge >= 0.3 is 6.03 Å². The van der Waals surface area contributed by atoms with E-state index in [0.717, 1.165) is 29.7 Å². The van der Waals surface area contributed by atoms with Crippen molar-refractivity contribution in [3.05, 3.63) is 29.1 Å². The molecule has 1 aromatic carbocycles. The van der Waals surface area contributed by atoms with Gasteiger partial charge in [-0.3, -0.25) is 4.79 Å². The number of nitrogens with zero attached hydrogens (tertiary/aromatic N) is 2. The molecule has 2 aromatic rings. The molecule has 0 aliphatic rings. The lowest BCUT2D eigenvalue weighted by atomic mass is 10.1. The summed E-state index contributed by atoms with van der Waals surface area (Å²) in [7, 11) is 1.66. The first-order chi connectivity index (χ1) is 11.8. The quantitative estimate of drug-likeness (QED) is 0.669. The topological polar surface area (TPSA) is 104 Å². The molecule has 0 saturated heterocycles. The molecule has 3 amide bonds. The summed E-state index contributed by atoms with van der Waals surface area (Å²) in [5, 5.41) is 2.85. The van der Waals surface area contributed by atoms with Gasteiger partial charge in [0.25, 0.3) is 0 Å². The normalized spacial score (nSPS) is 12.2. The summed E-state index contributed by atoms with van der Waals surface area (Å²) in [6.07, 6.45) is 1.69. The van der Waals surface area contributed by atoms with Crippen LogP contribution in [0.3, 0.4) is 0 Å². The third-order valence-electron chi connectivity index (χ3n) is 4.57. The first kappa shape index (κ1) is 18.8. The van der Waals surface area contributed by atoms with Gasteiger partial charge in [0.2, 0.25) is 5.91 Å². The summed E-state index contributed by atoms with van der Waals surface area (Å²) >= 11 is 0. The number of aryl methyl sites for hydroxylation is 3. The number of primary amides is 1. The van der Waals surface area contributed by atoms with Crippen LogP contribution in [0.4, 0.5) is 4.79 Å². The van der Waals surface area contributed by atoms with Crippen LogP contribution in [0.15, 0.2) is 12.1 Å². The van der Waals surface area contributed by atoms with Gasteiger partial charge in [-0.1, -0.05) is 6.07 Å². The predicted octanol–water partition coefficient (Wildman–Crippen LogP) is 2.02. The summed E-state index contributed by atoms with van der Waals surface area (Å²) < 4.78 is 0. The van der Waals surface area contributed by atoms with Crippen molar-refractivity contribution in [2.45, 2.75) is 46.1 Å². The minimum atomic E-state index is -0.414. The number of nitrogens with one attached hydrogen (secondary N) is 2. The highest BCUT2D eigenvalue weighted by Gasteiger charge is 2.17. The highest BCUT2D eigenvalue weighted by atomic mass is 16.2. The molecule has 25 heavy (non-hydrogen) atoms. The van der Waals surface area contributed by atoms with Crippen molar-refractivity contribution in [2.24, 2.45) is 5.73 Å². The average Bonchev–Trinajstić information content (AvgIpc) is 2.97. The second-order valence-electron chi connectivity index (χ2n) is 6.55. The monoisotopic (exact) mass is 345 g/mol. The van der Waals surface area contributed by atoms with Crippen molar-refractivity contribution in [3.63, 3.8) is 0 Å². The minimum Gasteiger partial charge on any atom is -0.370 e. The molecule has 0 fully saturated rings. The third-order valence-corrected chi connectivity index (χ3v) is 4.57. The van der Waals surface area contributed by atoms with E-state index in [9.17, 15) is 9.59 Å². The van der Waals surface area contributed by atoms with E-state index in [1.807, 2.05) is 6.07 Å². The van der Waals surface area contributed by atoms with Crippen LogP contribution in [-0.2, 0) is 11.2 Å². The van der Waals surface area contributed by atoms with Crippen LogP contribution >= 0.6 is 0 Å². The van der Waals surface area contributed by atoms with Crippen molar-refractivity contribution in [3.8, 4) is 0 Å². The minimum absolute atomic E-state index is 0.154. The Hall–Kier alpha value is -2.57. The van der Waals surface area contributed by atoms with Gasteiger partial charge in [0.15, 0.2) is 0 Å². The maximum absolute atomic E-state index is 12.0. The van der Waals surface area contributed by atoms with Gasteiger partial charge < -0.3 is 20.9 Å². The van der Waals surface area contributed by atoms with Crippen LogP contribution in [-0.4, -0.2) is 46.4 Å². The summed E-state index contributed by atoms with van der Waals surface area (Å²) in [6, 6.07) is 3.71. The first-order valence-electron chi connectivity index (χ1n) is 8.53. The lowest BCUT2D eigenvalue weighted by Gasteiger charge is -2.24. The lowest BCUT2D eigenvalue weighted by molar-refractivity contribution is -0.118. The fourth-order valence-corrected chi connectivity index (χ4v) is 2.69. The number of carbonyl (C=O) groups excluding carboxylic acids is 2. The highest BCUT2D eigenvalue weighted by molar-refractivity contribution is 5.80. The Morgan fingerprint density at radius 2 is 2.08 bits per heavy atom. The summed E-state index contributed by atoms with van der Waals surface area (Å²) in [4.78, 5) is 32.4. The molecule has 1 atom stereocenters. The van der Waals surface area contributed by atoms with E-state index in [-0.39, 0.29) is 18.5 Å². The molecule has 136 valence electrons. The van der Waals surface area contributed by atoms with Crippen molar-refractivity contribution in [1.29, 1.82) is 0 Å². The van der Waals surface area contributed by atoms with Crippen molar-refractivity contribution >= 4 is 23.0 Å². The van der Waals surface area contributed by atoms with Crippen LogP contribution < -0.4 is 11.1 Å². The van der Waals surface area contributed by atoms with Crippen molar-refractivity contribution < 1.29 is 9.59 Å². The third kappa shape index (κ3) is 4.71. The molecule has 0 radical (unpaired) electrons. The predicted molar refractivity (Wildman–Crippen MR) is 98.3 cm³/mol. The number of fused-ring (bicyclic) bond motifs is 1. The molecule has 7 heteroatoms. The number of aromatic nitrogens is 2. The van der Waals surface area contributed by atoms with Gasteiger partial charge in [-0.05, 0) is 44.4 Å². The number of amides is 3. The first-order valence-corrected chi connectivity index (χ1v) is 8.53. The molecule has 2 rings (SSSR count). The van der Waals surface area contributed by atoms with E-state index >= 15 is 0 Å². The maximum Gasteiger partial charge on any atom is 0.317 e. The molecule has 0 spiro atoms. The Bertz CT molecular complexity index is 768. The van der Waals surface area contributed by atoms with Gasteiger partial charge in [0, 0.05) is 32.5 Å². The van der Waals surface area contributed by atoms with E-state index in [2.05, 4.69) is 35.2 Å². The summed E-state index contributed by atoms with van der Waals surface area (Å²) in [5.74, 6) is 0.510. The van der Waals surface area contributed by atoms with E-state index in [1.165, 1.54) is 16.0 Å². The zero-order valence-electron chi connectivity index (χ0n) is 15.3. The number of benzene rings is 1. The zero-order valence-corrected chi connectivity index (χ0v) is 15.3. The zero-order chi connectivity index (χ0) is 18.6. The summed E-state index contributed by atoms with van der Waals surface area (Å²) in [6.45, 7) is 6.49. The molecule has 0 aliphatic heterocycles. The molecule has 1 aromatic heterocycles. The number of aromatic amines is 1. The molecule has 1 unspecified atom stereocenters. The molecule has 1 heterocycles. The molecule has 4 N–H and O–H groups in total. The molecule has 0 aliphatic carbocycles.